The lowest BCUT2D eigenvalue weighted by Gasteiger charge is -2.07. The maximum absolute atomic E-state index is 11.9. The minimum absolute atomic E-state index is 0.0273. The minimum Gasteiger partial charge on any atom is -0.352 e. The van der Waals surface area contributed by atoms with Gasteiger partial charge < -0.3 is 5.32 Å². The molecule has 0 aliphatic heterocycles. The molecule has 0 radical (unpaired) electrons. The zero-order valence-electron chi connectivity index (χ0n) is 9.33. The van der Waals surface area contributed by atoms with Gasteiger partial charge in [0.25, 0.3) is 5.91 Å². The van der Waals surface area contributed by atoms with Crippen LogP contribution in [0.2, 0.25) is 0 Å². The van der Waals surface area contributed by atoms with Crippen LogP contribution in [0.5, 0.6) is 0 Å². The highest BCUT2D eigenvalue weighted by atomic mass is 79.9. The number of thioether (sulfide) groups is 1. The average Bonchev–Trinajstić information content (AvgIpc) is 2.34. The molecule has 1 rings (SSSR count). The second kappa shape index (κ2) is 7.74. The molecule has 4 heteroatoms. The fourth-order valence-corrected chi connectivity index (χ4v) is 2.34. The van der Waals surface area contributed by atoms with E-state index in [1.165, 1.54) is 0 Å². The molecule has 0 saturated carbocycles. The standard InChI is InChI=1S/C12H16BrNOS/c1-16-11-7-3-2-6-10(11)12(15)14-9-5-4-8-13/h2-3,6-7H,4-5,8-9H2,1H3,(H,14,15). The lowest BCUT2D eigenvalue weighted by Crippen LogP contribution is -2.24. The van der Waals surface area contributed by atoms with Crippen LogP contribution in [0.4, 0.5) is 0 Å². The van der Waals surface area contributed by atoms with E-state index in [1.54, 1.807) is 11.8 Å². The molecule has 16 heavy (non-hydrogen) atoms. The van der Waals surface area contributed by atoms with Crippen LogP contribution in [0.15, 0.2) is 29.2 Å². The van der Waals surface area contributed by atoms with Crippen molar-refractivity contribution < 1.29 is 4.79 Å². The number of benzene rings is 1. The first-order valence-electron chi connectivity index (χ1n) is 5.26. The summed E-state index contributed by atoms with van der Waals surface area (Å²) in [6.45, 7) is 0.743. The SMILES string of the molecule is CSc1ccccc1C(=O)NCCCCBr. The first-order valence-corrected chi connectivity index (χ1v) is 7.61. The Bertz CT molecular complexity index is 344. The second-order valence-corrected chi connectivity index (χ2v) is 4.99. The smallest absolute Gasteiger partial charge is 0.252 e. The van der Waals surface area contributed by atoms with E-state index >= 15 is 0 Å². The summed E-state index contributed by atoms with van der Waals surface area (Å²) < 4.78 is 0. The van der Waals surface area contributed by atoms with Crippen LogP contribution in [-0.2, 0) is 0 Å². The van der Waals surface area contributed by atoms with E-state index in [1.807, 2.05) is 30.5 Å². The van der Waals surface area contributed by atoms with Crippen molar-refractivity contribution in [3.8, 4) is 0 Å². The van der Waals surface area contributed by atoms with E-state index in [2.05, 4.69) is 21.2 Å². The number of hydrogen-bond donors (Lipinski definition) is 1. The van der Waals surface area contributed by atoms with E-state index in [-0.39, 0.29) is 5.91 Å². The van der Waals surface area contributed by atoms with Crippen molar-refractivity contribution >= 4 is 33.6 Å². The van der Waals surface area contributed by atoms with E-state index < -0.39 is 0 Å². The van der Waals surface area contributed by atoms with Crippen molar-refractivity contribution in [3.63, 3.8) is 0 Å². The molecule has 1 N–H and O–H groups in total. The van der Waals surface area contributed by atoms with Crippen molar-refractivity contribution in [2.75, 3.05) is 18.1 Å². The first-order chi connectivity index (χ1) is 7.79. The molecule has 0 aliphatic carbocycles. The zero-order chi connectivity index (χ0) is 11.8. The van der Waals surface area contributed by atoms with Gasteiger partial charge in [-0.25, -0.2) is 0 Å². The molecule has 0 bridgehead atoms. The molecule has 1 amide bonds. The summed E-state index contributed by atoms with van der Waals surface area (Å²) in [5.74, 6) is 0.0273. The van der Waals surface area contributed by atoms with Crippen LogP contribution in [0, 0.1) is 0 Å². The van der Waals surface area contributed by atoms with Crippen LogP contribution < -0.4 is 5.32 Å². The molecule has 0 aliphatic rings. The van der Waals surface area contributed by atoms with Crippen LogP contribution in [0.1, 0.15) is 23.2 Å². The topological polar surface area (TPSA) is 29.1 Å². The summed E-state index contributed by atoms with van der Waals surface area (Å²) in [7, 11) is 0. The summed E-state index contributed by atoms with van der Waals surface area (Å²) in [4.78, 5) is 12.9. The molecular formula is C12H16BrNOS. The van der Waals surface area contributed by atoms with E-state index in [0.717, 1.165) is 35.2 Å². The number of alkyl halides is 1. The fourth-order valence-electron chi connectivity index (χ4n) is 1.35. The molecule has 0 fully saturated rings. The van der Waals surface area contributed by atoms with Gasteiger partial charge in [0.05, 0.1) is 5.56 Å². The molecule has 0 spiro atoms. The van der Waals surface area contributed by atoms with Gasteiger partial charge in [-0.2, -0.15) is 0 Å². The molecule has 0 atom stereocenters. The highest BCUT2D eigenvalue weighted by molar-refractivity contribution is 9.09. The predicted octanol–water partition coefficient (Wildman–Crippen LogP) is 3.31. The third-order valence-electron chi connectivity index (χ3n) is 2.20. The fraction of sp³-hybridized carbons (Fsp3) is 0.417. The predicted molar refractivity (Wildman–Crippen MR) is 73.6 cm³/mol. The molecule has 88 valence electrons. The van der Waals surface area contributed by atoms with Gasteiger partial charge in [-0.3, -0.25) is 4.79 Å². The summed E-state index contributed by atoms with van der Waals surface area (Å²) in [6, 6.07) is 7.68. The number of hydrogen-bond acceptors (Lipinski definition) is 2. The Morgan fingerprint density at radius 1 is 1.38 bits per heavy atom. The van der Waals surface area contributed by atoms with Crippen LogP contribution in [0.3, 0.4) is 0 Å². The summed E-state index contributed by atoms with van der Waals surface area (Å²) in [5, 5.41) is 3.93. The molecule has 0 unspecified atom stereocenters. The Morgan fingerprint density at radius 3 is 2.81 bits per heavy atom. The molecular weight excluding hydrogens is 286 g/mol. The lowest BCUT2D eigenvalue weighted by atomic mass is 10.2. The van der Waals surface area contributed by atoms with Gasteiger partial charge in [-0.1, -0.05) is 28.1 Å². The highest BCUT2D eigenvalue weighted by Crippen LogP contribution is 2.19. The average molecular weight is 302 g/mol. The number of unbranched alkanes of at least 4 members (excludes halogenated alkanes) is 1. The number of carbonyl (C=O) groups excluding carboxylic acids is 1. The van der Waals surface area contributed by atoms with Gasteiger partial charge in [0.2, 0.25) is 0 Å². The van der Waals surface area contributed by atoms with E-state index in [4.69, 9.17) is 0 Å². The van der Waals surface area contributed by atoms with E-state index in [0.29, 0.717) is 0 Å². The Labute approximate surface area is 109 Å². The van der Waals surface area contributed by atoms with Crippen LogP contribution in [-0.4, -0.2) is 24.0 Å². The number of rotatable bonds is 6. The summed E-state index contributed by atoms with van der Waals surface area (Å²) >= 11 is 4.97. The van der Waals surface area contributed by atoms with Crippen molar-refractivity contribution in [2.24, 2.45) is 0 Å². The monoisotopic (exact) mass is 301 g/mol. The minimum atomic E-state index is 0.0273. The van der Waals surface area contributed by atoms with Crippen molar-refractivity contribution in [3.05, 3.63) is 29.8 Å². The van der Waals surface area contributed by atoms with Crippen LogP contribution in [0.25, 0.3) is 0 Å². The third kappa shape index (κ3) is 4.18. The Kier molecular flexibility index (Phi) is 6.57. The molecule has 1 aromatic carbocycles. The van der Waals surface area contributed by atoms with Gasteiger partial charge in [0.15, 0.2) is 0 Å². The second-order valence-electron chi connectivity index (χ2n) is 3.35. The molecule has 2 nitrogen and oxygen atoms in total. The first kappa shape index (κ1) is 13.6. The maximum atomic E-state index is 11.9. The van der Waals surface area contributed by atoms with Crippen LogP contribution >= 0.6 is 27.7 Å². The van der Waals surface area contributed by atoms with Crippen molar-refractivity contribution in [1.29, 1.82) is 0 Å². The third-order valence-corrected chi connectivity index (χ3v) is 3.55. The Hall–Kier alpha value is -0.480. The Balaban J connectivity index is 2.52. The Morgan fingerprint density at radius 2 is 2.12 bits per heavy atom. The van der Waals surface area contributed by atoms with Gasteiger partial charge in [-0.05, 0) is 31.2 Å². The molecule has 0 saturated heterocycles. The summed E-state index contributed by atoms with van der Waals surface area (Å²) in [5.41, 5.74) is 0.772. The largest absolute Gasteiger partial charge is 0.352 e. The van der Waals surface area contributed by atoms with Gasteiger partial charge >= 0.3 is 0 Å². The molecule has 1 aromatic rings. The number of carbonyl (C=O) groups is 1. The molecule has 0 aromatic heterocycles. The number of nitrogens with one attached hydrogen (secondary N) is 1. The van der Waals surface area contributed by atoms with E-state index in [9.17, 15) is 4.79 Å². The zero-order valence-corrected chi connectivity index (χ0v) is 11.7. The van der Waals surface area contributed by atoms with Gasteiger partial charge in [0, 0.05) is 16.8 Å². The van der Waals surface area contributed by atoms with Crippen molar-refractivity contribution in [1.82, 2.24) is 5.32 Å². The van der Waals surface area contributed by atoms with Gasteiger partial charge in [-0.15, -0.1) is 11.8 Å². The molecule has 0 heterocycles. The summed E-state index contributed by atoms with van der Waals surface area (Å²) in [6.07, 6.45) is 4.08. The number of amides is 1. The quantitative estimate of drug-likeness (QED) is 0.496. The number of halogens is 1. The van der Waals surface area contributed by atoms with Crippen molar-refractivity contribution in [2.45, 2.75) is 17.7 Å². The normalized spacial score (nSPS) is 10.1. The lowest BCUT2D eigenvalue weighted by molar-refractivity contribution is 0.0950. The van der Waals surface area contributed by atoms with Gasteiger partial charge in [0.1, 0.15) is 0 Å². The maximum Gasteiger partial charge on any atom is 0.252 e. The highest BCUT2D eigenvalue weighted by Gasteiger charge is 2.08.